The Balaban J connectivity index is 1.70. The number of aryl methyl sites for hydroxylation is 1. The number of likely N-dealkylation sites (N-methyl/N-ethyl adjacent to an activating group) is 1. The number of amides is 2. The monoisotopic (exact) mass is 295 g/mol. The van der Waals surface area contributed by atoms with E-state index in [1.807, 2.05) is 6.92 Å². The van der Waals surface area contributed by atoms with E-state index in [2.05, 4.69) is 15.1 Å². The summed E-state index contributed by atoms with van der Waals surface area (Å²) in [5.41, 5.74) is 0. The zero-order valence-electron chi connectivity index (χ0n) is 11.6. The lowest BCUT2D eigenvalue weighted by Gasteiger charge is -2.45. The summed E-state index contributed by atoms with van der Waals surface area (Å²) in [4.78, 5) is 29.5. The third-order valence-electron chi connectivity index (χ3n) is 3.75. The van der Waals surface area contributed by atoms with Gasteiger partial charge >= 0.3 is 0 Å². The number of carbonyl (C=O) groups excluding carboxylic acids is 2. The zero-order valence-corrected chi connectivity index (χ0v) is 12.4. The molecule has 0 aromatic carbocycles. The number of hydrogen-bond donors (Lipinski definition) is 0. The lowest BCUT2D eigenvalue weighted by atomic mass is 10.1. The molecular weight excluding hydrogens is 278 g/mol. The van der Waals surface area contributed by atoms with Gasteiger partial charge in [-0.3, -0.25) is 14.5 Å². The van der Waals surface area contributed by atoms with Crippen molar-refractivity contribution in [2.24, 2.45) is 0 Å². The van der Waals surface area contributed by atoms with Crippen molar-refractivity contribution >= 4 is 23.2 Å². The molecule has 0 aliphatic carbocycles. The van der Waals surface area contributed by atoms with Crippen molar-refractivity contribution in [3.63, 3.8) is 0 Å². The second kappa shape index (κ2) is 5.10. The van der Waals surface area contributed by atoms with Crippen LogP contribution in [-0.4, -0.2) is 76.0 Å². The molecule has 20 heavy (non-hydrogen) atoms. The topological polar surface area (TPSA) is 69.6 Å². The SMILES string of the molecule is Cc1nnc(CN2CCN3C(=O)CN(C)C(=O)C3C2)s1. The van der Waals surface area contributed by atoms with Gasteiger partial charge < -0.3 is 9.80 Å². The van der Waals surface area contributed by atoms with Gasteiger partial charge in [0.2, 0.25) is 11.8 Å². The first-order chi connectivity index (χ1) is 9.54. The minimum absolute atomic E-state index is 0.0303. The fourth-order valence-electron chi connectivity index (χ4n) is 2.71. The highest BCUT2D eigenvalue weighted by atomic mass is 32.1. The van der Waals surface area contributed by atoms with E-state index in [-0.39, 0.29) is 24.4 Å². The number of carbonyl (C=O) groups is 2. The first kappa shape index (κ1) is 13.4. The third kappa shape index (κ3) is 2.40. The molecule has 1 atom stereocenters. The van der Waals surface area contributed by atoms with Crippen LogP contribution in [0.5, 0.6) is 0 Å². The molecule has 3 heterocycles. The molecule has 2 saturated heterocycles. The lowest BCUT2D eigenvalue weighted by molar-refractivity contribution is -0.158. The summed E-state index contributed by atoms with van der Waals surface area (Å²) in [6.45, 7) is 4.79. The quantitative estimate of drug-likeness (QED) is 0.724. The van der Waals surface area contributed by atoms with Gasteiger partial charge in [0.1, 0.15) is 16.1 Å². The van der Waals surface area contributed by atoms with Crippen LogP contribution in [0, 0.1) is 6.92 Å². The molecule has 8 heteroatoms. The highest BCUT2D eigenvalue weighted by Crippen LogP contribution is 2.19. The molecule has 0 bridgehead atoms. The van der Waals surface area contributed by atoms with E-state index in [1.54, 1.807) is 23.3 Å². The Hall–Kier alpha value is -1.54. The number of hydrogen-bond acceptors (Lipinski definition) is 6. The first-order valence-corrected chi connectivity index (χ1v) is 7.42. The van der Waals surface area contributed by atoms with Crippen molar-refractivity contribution in [2.45, 2.75) is 19.5 Å². The molecule has 0 radical (unpaired) electrons. The molecule has 2 aliphatic rings. The average molecular weight is 295 g/mol. The molecule has 7 nitrogen and oxygen atoms in total. The summed E-state index contributed by atoms with van der Waals surface area (Å²) in [7, 11) is 1.69. The third-order valence-corrected chi connectivity index (χ3v) is 4.57. The van der Waals surface area contributed by atoms with E-state index in [9.17, 15) is 9.59 Å². The molecule has 1 aromatic heterocycles. The molecule has 0 saturated carbocycles. The molecule has 1 aromatic rings. The standard InChI is InChI=1S/C12H17N5O2S/c1-8-13-14-10(20-8)6-16-3-4-17-9(5-16)12(19)15(2)7-11(17)18/h9H,3-7H2,1-2H3. The minimum atomic E-state index is -0.344. The minimum Gasteiger partial charge on any atom is -0.335 e. The van der Waals surface area contributed by atoms with E-state index in [0.717, 1.165) is 16.6 Å². The predicted molar refractivity (Wildman–Crippen MR) is 73.1 cm³/mol. The summed E-state index contributed by atoms with van der Waals surface area (Å²) < 4.78 is 0. The van der Waals surface area contributed by atoms with E-state index >= 15 is 0 Å². The molecule has 2 aliphatic heterocycles. The lowest BCUT2D eigenvalue weighted by Crippen LogP contribution is -2.65. The van der Waals surface area contributed by atoms with Crippen LogP contribution in [0.25, 0.3) is 0 Å². The molecular formula is C12H17N5O2S. The van der Waals surface area contributed by atoms with E-state index < -0.39 is 0 Å². The van der Waals surface area contributed by atoms with E-state index in [0.29, 0.717) is 19.6 Å². The van der Waals surface area contributed by atoms with Crippen LogP contribution < -0.4 is 0 Å². The van der Waals surface area contributed by atoms with Gasteiger partial charge in [-0.1, -0.05) is 0 Å². The van der Waals surface area contributed by atoms with Crippen molar-refractivity contribution in [3.05, 3.63) is 10.0 Å². The maximum atomic E-state index is 12.2. The zero-order chi connectivity index (χ0) is 14.3. The Morgan fingerprint density at radius 2 is 2.10 bits per heavy atom. The Bertz CT molecular complexity index is 546. The maximum absolute atomic E-state index is 12.2. The van der Waals surface area contributed by atoms with E-state index in [4.69, 9.17) is 0 Å². The van der Waals surface area contributed by atoms with Crippen molar-refractivity contribution in [1.82, 2.24) is 24.9 Å². The van der Waals surface area contributed by atoms with Gasteiger partial charge in [-0.15, -0.1) is 21.5 Å². The Kier molecular flexibility index (Phi) is 3.43. The van der Waals surface area contributed by atoms with Gasteiger partial charge in [0.05, 0.1) is 13.1 Å². The number of rotatable bonds is 2. The van der Waals surface area contributed by atoms with Gasteiger partial charge in [0, 0.05) is 26.7 Å². The summed E-state index contributed by atoms with van der Waals surface area (Å²) >= 11 is 1.57. The van der Waals surface area contributed by atoms with Crippen LogP contribution in [0.15, 0.2) is 0 Å². The van der Waals surface area contributed by atoms with Crippen LogP contribution in [-0.2, 0) is 16.1 Å². The summed E-state index contributed by atoms with van der Waals surface area (Å²) in [5, 5.41) is 10.0. The molecule has 3 rings (SSSR count). The summed E-state index contributed by atoms with van der Waals surface area (Å²) in [6, 6.07) is -0.344. The summed E-state index contributed by atoms with van der Waals surface area (Å²) in [5.74, 6) is 0.0752. The fourth-order valence-corrected chi connectivity index (χ4v) is 3.46. The second-order valence-electron chi connectivity index (χ2n) is 5.25. The predicted octanol–water partition coefficient (Wildman–Crippen LogP) is -0.669. The molecule has 2 amide bonds. The molecule has 0 N–H and O–H groups in total. The van der Waals surface area contributed by atoms with Crippen LogP contribution in [0.3, 0.4) is 0 Å². The number of piperazine rings is 2. The Labute approximate surface area is 121 Å². The summed E-state index contributed by atoms with van der Waals surface area (Å²) in [6.07, 6.45) is 0. The molecule has 0 spiro atoms. The highest BCUT2D eigenvalue weighted by Gasteiger charge is 2.41. The van der Waals surface area contributed by atoms with Crippen LogP contribution >= 0.6 is 11.3 Å². The van der Waals surface area contributed by atoms with Gasteiger partial charge in [-0.25, -0.2) is 0 Å². The van der Waals surface area contributed by atoms with Gasteiger partial charge in [-0.2, -0.15) is 0 Å². The fraction of sp³-hybridized carbons (Fsp3) is 0.667. The largest absolute Gasteiger partial charge is 0.335 e. The number of aromatic nitrogens is 2. The normalized spacial score (nSPS) is 24.2. The van der Waals surface area contributed by atoms with Crippen molar-refractivity contribution < 1.29 is 9.59 Å². The van der Waals surface area contributed by atoms with Gasteiger partial charge in [0.25, 0.3) is 0 Å². The molecule has 2 fully saturated rings. The van der Waals surface area contributed by atoms with E-state index in [1.165, 1.54) is 4.90 Å². The van der Waals surface area contributed by atoms with Crippen molar-refractivity contribution in [1.29, 1.82) is 0 Å². The Morgan fingerprint density at radius 3 is 2.80 bits per heavy atom. The van der Waals surface area contributed by atoms with Crippen LogP contribution in [0.4, 0.5) is 0 Å². The maximum Gasteiger partial charge on any atom is 0.246 e. The number of nitrogens with zero attached hydrogens (tertiary/aromatic N) is 5. The number of fused-ring (bicyclic) bond motifs is 1. The van der Waals surface area contributed by atoms with Gasteiger partial charge in [0.15, 0.2) is 0 Å². The van der Waals surface area contributed by atoms with Crippen LogP contribution in [0.1, 0.15) is 10.0 Å². The van der Waals surface area contributed by atoms with Crippen molar-refractivity contribution in [2.75, 3.05) is 33.2 Å². The first-order valence-electron chi connectivity index (χ1n) is 6.60. The van der Waals surface area contributed by atoms with Gasteiger partial charge in [-0.05, 0) is 6.92 Å². The Morgan fingerprint density at radius 1 is 1.30 bits per heavy atom. The smallest absolute Gasteiger partial charge is 0.246 e. The van der Waals surface area contributed by atoms with Crippen molar-refractivity contribution in [3.8, 4) is 0 Å². The molecule has 108 valence electrons. The second-order valence-corrected chi connectivity index (χ2v) is 6.51. The average Bonchev–Trinajstić information content (AvgIpc) is 2.81. The molecule has 1 unspecified atom stereocenters. The van der Waals surface area contributed by atoms with Crippen LogP contribution in [0.2, 0.25) is 0 Å². The highest BCUT2D eigenvalue weighted by molar-refractivity contribution is 7.11.